The molecule has 2 heterocycles. The SMILES string of the molecule is Cc1ccc(C(=O)NS(=O)(=O)c2cccc(-n3cnnn3)c2)n1C. The first-order chi connectivity index (χ1) is 11.4. The molecule has 10 heteroatoms. The molecule has 9 nitrogen and oxygen atoms in total. The fraction of sp³-hybridized carbons (Fsp3) is 0.143. The van der Waals surface area contributed by atoms with Gasteiger partial charge in [-0.1, -0.05) is 6.07 Å². The molecule has 0 unspecified atom stereocenters. The van der Waals surface area contributed by atoms with Crippen LogP contribution in [0.25, 0.3) is 5.69 Å². The van der Waals surface area contributed by atoms with Crippen LogP contribution in [-0.2, 0) is 17.1 Å². The number of sulfonamides is 1. The molecule has 0 saturated heterocycles. The number of aromatic nitrogens is 5. The van der Waals surface area contributed by atoms with Crippen molar-refractivity contribution in [3.63, 3.8) is 0 Å². The maximum atomic E-state index is 12.5. The maximum Gasteiger partial charge on any atom is 0.281 e. The molecular weight excluding hydrogens is 332 g/mol. The Morgan fingerprint density at radius 1 is 1.21 bits per heavy atom. The molecule has 0 aliphatic rings. The van der Waals surface area contributed by atoms with Crippen molar-refractivity contribution in [2.45, 2.75) is 11.8 Å². The maximum absolute atomic E-state index is 12.5. The number of hydrogen-bond acceptors (Lipinski definition) is 6. The lowest BCUT2D eigenvalue weighted by atomic mass is 10.3. The van der Waals surface area contributed by atoms with Crippen molar-refractivity contribution in [3.8, 4) is 5.69 Å². The van der Waals surface area contributed by atoms with Gasteiger partial charge in [0.1, 0.15) is 12.0 Å². The van der Waals surface area contributed by atoms with Crippen LogP contribution in [0.3, 0.4) is 0 Å². The summed E-state index contributed by atoms with van der Waals surface area (Å²) < 4.78 is 29.9. The first-order valence-electron chi connectivity index (χ1n) is 6.91. The number of rotatable bonds is 4. The van der Waals surface area contributed by atoms with Gasteiger partial charge in [-0.3, -0.25) is 4.79 Å². The molecule has 0 bridgehead atoms. The molecule has 0 atom stereocenters. The highest BCUT2D eigenvalue weighted by molar-refractivity contribution is 7.90. The van der Waals surface area contributed by atoms with E-state index in [2.05, 4.69) is 20.2 Å². The Bertz CT molecular complexity index is 991. The minimum atomic E-state index is -4.02. The van der Waals surface area contributed by atoms with Gasteiger partial charge in [0, 0.05) is 12.7 Å². The molecule has 0 spiro atoms. The van der Waals surface area contributed by atoms with Gasteiger partial charge in [-0.15, -0.1) is 5.10 Å². The number of benzene rings is 1. The summed E-state index contributed by atoms with van der Waals surface area (Å²) in [6.45, 7) is 1.82. The van der Waals surface area contributed by atoms with Crippen LogP contribution in [0.2, 0.25) is 0 Å². The number of nitrogens with one attached hydrogen (secondary N) is 1. The van der Waals surface area contributed by atoms with Gasteiger partial charge in [0.05, 0.1) is 10.6 Å². The van der Waals surface area contributed by atoms with Gasteiger partial charge in [0.25, 0.3) is 15.9 Å². The molecule has 1 amide bonds. The summed E-state index contributed by atoms with van der Waals surface area (Å²) >= 11 is 0. The topological polar surface area (TPSA) is 112 Å². The summed E-state index contributed by atoms with van der Waals surface area (Å²) in [6, 6.07) is 9.26. The van der Waals surface area contributed by atoms with Crippen LogP contribution < -0.4 is 4.72 Å². The van der Waals surface area contributed by atoms with Crippen LogP contribution in [-0.4, -0.2) is 39.1 Å². The third-order valence-electron chi connectivity index (χ3n) is 3.57. The van der Waals surface area contributed by atoms with E-state index in [0.29, 0.717) is 5.69 Å². The predicted octanol–water partition coefficient (Wildman–Crippen LogP) is 0.428. The number of carbonyl (C=O) groups excluding carboxylic acids is 1. The average molecular weight is 346 g/mol. The van der Waals surface area contributed by atoms with E-state index in [1.807, 2.05) is 6.92 Å². The molecule has 2 aromatic heterocycles. The van der Waals surface area contributed by atoms with Crippen LogP contribution in [0, 0.1) is 6.92 Å². The minimum Gasteiger partial charge on any atom is -0.344 e. The second kappa shape index (κ2) is 5.89. The number of tetrazole rings is 1. The Morgan fingerprint density at radius 2 is 2.00 bits per heavy atom. The van der Waals surface area contributed by atoms with Crippen molar-refractivity contribution < 1.29 is 13.2 Å². The second-order valence-electron chi connectivity index (χ2n) is 5.11. The second-order valence-corrected chi connectivity index (χ2v) is 6.79. The van der Waals surface area contributed by atoms with E-state index in [-0.39, 0.29) is 10.6 Å². The fourth-order valence-electron chi connectivity index (χ4n) is 2.15. The summed E-state index contributed by atoms with van der Waals surface area (Å²) in [5, 5.41) is 10.7. The normalized spacial score (nSPS) is 11.4. The van der Waals surface area contributed by atoms with Crippen molar-refractivity contribution >= 4 is 15.9 Å². The summed E-state index contributed by atoms with van der Waals surface area (Å²) in [4.78, 5) is 12.2. The Balaban J connectivity index is 1.90. The zero-order valence-corrected chi connectivity index (χ0v) is 13.7. The number of hydrogen-bond donors (Lipinski definition) is 1. The zero-order valence-electron chi connectivity index (χ0n) is 12.9. The third-order valence-corrected chi connectivity index (χ3v) is 4.90. The Hall–Kier alpha value is -3.01. The standard InChI is InChI=1S/C14H14N6O3S/c1-10-6-7-13(19(10)2)14(21)16-24(22,23)12-5-3-4-11(8-12)20-9-15-17-18-20/h3-9H,1-2H3,(H,16,21). The largest absolute Gasteiger partial charge is 0.344 e. The average Bonchev–Trinajstić information content (AvgIpc) is 3.18. The molecule has 0 aliphatic carbocycles. The smallest absolute Gasteiger partial charge is 0.281 e. The van der Waals surface area contributed by atoms with Crippen molar-refractivity contribution in [3.05, 3.63) is 54.1 Å². The lowest BCUT2D eigenvalue weighted by molar-refractivity contribution is 0.0973. The predicted molar refractivity (Wildman–Crippen MR) is 84.0 cm³/mol. The van der Waals surface area contributed by atoms with Gasteiger partial charge in [0.15, 0.2) is 0 Å². The molecule has 1 N–H and O–H groups in total. The van der Waals surface area contributed by atoms with Gasteiger partial charge in [-0.2, -0.15) is 0 Å². The first kappa shape index (κ1) is 15.9. The molecule has 0 fully saturated rings. The van der Waals surface area contributed by atoms with E-state index in [0.717, 1.165) is 5.69 Å². The highest BCUT2D eigenvalue weighted by Gasteiger charge is 2.21. The van der Waals surface area contributed by atoms with Crippen LogP contribution in [0.5, 0.6) is 0 Å². The quantitative estimate of drug-likeness (QED) is 0.733. The van der Waals surface area contributed by atoms with E-state index in [9.17, 15) is 13.2 Å². The van der Waals surface area contributed by atoms with E-state index < -0.39 is 15.9 Å². The third kappa shape index (κ3) is 2.91. The minimum absolute atomic E-state index is 0.0604. The molecular formula is C14H14N6O3S. The van der Waals surface area contributed by atoms with Crippen molar-refractivity contribution in [1.29, 1.82) is 0 Å². The Labute approximate surface area is 138 Å². The molecule has 0 saturated carbocycles. The number of aryl methyl sites for hydroxylation is 1. The van der Waals surface area contributed by atoms with E-state index in [1.54, 1.807) is 35.9 Å². The summed E-state index contributed by atoms with van der Waals surface area (Å²) in [6.07, 6.45) is 1.34. The van der Waals surface area contributed by atoms with Gasteiger partial charge in [-0.05, 0) is 47.7 Å². The van der Waals surface area contributed by atoms with E-state index in [1.165, 1.54) is 23.1 Å². The molecule has 3 rings (SSSR count). The van der Waals surface area contributed by atoms with E-state index >= 15 is 0 Å². The van der Waals surface area contributed by atoms with Gasteiger partial charge < -0.3 is 4.57 Å². The lowest BCUT2D eigenvalue weighted by Crippen LogP contribution is -2.32. The molecule has 24 heavy (non-hydrogen) atoms. The lowest BCUT2D eigenvalue weighted by Gasteiger charge is -2.09. The van der Waals surface area contributed by atoms with E-state index in [4.69, 9.17) is 0 Å². The Kier molecular flexibility index (Phi) is 3.89. The van der Waals surface area contributed by atoms with Crippen LogP contribution in [0.1, 0.15) is 16.2 Å². The van der Waals surface area contributed by atoms with Gasteiger partial charge >= 0.3 is 0 Å². The number of nitrogens with zero attached hydrogens (tertiary/aromatic N) is 5. The van der Waals surface area contributed by atoms with Crippen molar-refractivity contribution in [1.82, 2.24) is 29.5 Å². The van der Waals surface area contributed by atoms with Crippen molar-refractivity contribution in [2.75, 3.05) is 0 Å². The summed E-state index contributed by atoms with van der Waals surface area (Å²) in [7, 11) is -2.33. The van der Waals surface area contributed by atoms with Crippen LogP contribution >= 0.6 is 0 Å². The fourth-order valence-corrected chi connectivity index (χ4v) is 3.15. The molecule has 124 valence electrons. The van der Waals surface area contributed by atoms with Gasteiger partial charge in [0.2, 0.25) is 0 Å². The molecule has 1 aromatic carbocycles. The highest BCUT2D eigenvalue weighted by atomic mass is 32.2. The van der Waals surface area contributed by atoms with Crippen LogP contribution in [0.15, 0.2) is 47.6 Å². The highest BCUT2D eigenvalue weighted by Crippen LogP contribution is 2.15. The van der Waals surface area contributed by atoms with Crippen LogP contribution in [0.4, 0.5) is 0 Å². The zero-order chi connectivity index (χ0) is 17.3. The van der Waals surface area contributed by atoms with Crippen molar-refractivity contribution in [2.24, 2.45) is 7.05 Å². The Morgan fingerprint density at radius 3 is 2.62 bits per heavy atom. The molecule has 3 aromatic rings. The van der Waals surface area contributed by atoms with Gasteiger partial charge in [-0.25, -0.2) is 17.8 Å². The molecule has 0 radical (unpaired) electrons. The number of amides is 1. The molecule has 0 aliphatic heterocycles. The number of carbonyl (C=O) groups is 1. The first-order valence-corrected chi connectivity index (χ1v) is 8.40. The summed E-state index contributed by atoms with van der Waals surface area (Å²) in [5.74, 6) is -0.696. The summed E-state index contributed by atoms with van der Waals surface area (Å²) in [5.41, 5.74) is 1.57. The monoisotopic (exact) mass is 346 g/mol.